The minimum Gasteiger partial charge on any atom is -0.469 e. The molecule has 0 saturated carbocycles. The molecule has 0 rings (SSSR count). The first-order chi connectivity index (χ1) is 5.91. The molecule has 1 unspecified atom stereocenters. The lowest BCUT2D eigenvalue weighted by Crippen LogP contribution is -2.42. The quantitative estimate of drug-likeness (QED) is 0.666. The van der Waals surface area contributed by atoms with Crippen LogP contribution in [0, 0.1) is 5.92 Å². The number of ether oxygens (including phenoxy) is 1. The van der Waals surface area contributed by atoms with Gasteiger partial charge in [-0.3, -0.25) is 4.79 Å². The Morgan fingerprint density at radius 2 is 2.08 bits per heavy atom. The summed E-state index contributed by atoms with van der Waals surface area (Å²) in [4.78, 5) is 11.1. The minimum atomic E-state index is -0.301. The van der Waals surface area contributed by atoms with Gasteiger partial charge in [0, 0.05) is 5.54 Å². The van der Waals surface area contributed by atoms with E-state index in [2.05, 4.69) is 11.7 Å². The molecule has 0 heterocycles. The van der Waals surface area contributed by atoms with Crippen LogP contribution in [0.2, 0.25) is 0 Å². The maximum Gasteiger partial charge on any atom is 0.305 e. The van der Waals surface area contributed by atoms with Gasteiger partial charge in [-0.25, -0.2) is 0 Å². The lowest BCUT2D eigenvalue weighted by atomic mass is 9.82. The van der Waals surface area contributed by atoms with Gasteiger partial charge >= 0.3 is 5.97 Å². The van der Waals surface area contributed by atoms with Gasteiger partial charge in [0.2, 0.25) is 0 Å². The van der Waals surface area contributed by atoms with Crippen molar-refractivity contribution in [2.75, 3.05) is 7.11 Å². The molecular formula is C10H21NO2. The van der Waals surface area contributed by atoms with Crippen LogP contribution in [0.5, 0.6) is 0 Å². The molecule has 0 aromatic heterocycles. The van der Waals surface area contributed by atoms with E-state index in [0.29, 0.717) is 6.42 Å². The standard InChI is InChI=1S/C10H21NO2/c1-5-6-8(10(2,3)11)7-9(12)13-4/h8H,5-7,11H2,1-4H3. The van der Waals surface area contributed by atoms with Crippen molar-refractivity contribution in [1.29, 1.82) is 0 Å². The number of hydrogen-bond donors (Lipinski definition) is 1. The maximum atomic E-state index is 11.1. The summed E-state index contributed by atoms with van der Waals surface area (Å²) in [5, 5.41) is 0. The number of carbonyl (C=O) groups is 1. The van der Waals surface area contributed by atoms with Crippen LogP contribution < -0.4 is 5.73 Å². The van der Waals surface area contributed by atoms with Crippen LogP contribution in [0.15, 0.2) is 0 Å². The molecule has 0 bridgehead atoms. The third kappa shape index (κ3) is 4.88. The van der Waals surface area contributed by atoms with Crippen LogP contribution in [0.4, 0.5) is 0 Å². The Bertz CT molecular complexity index is 161. The lowest BCUT2D eigenvalue weighted by molar-refractivity contribution is -0.142. The Morgan fingerprint density at radius 1 is 1.54 bits per heavy atom. The van der Waals surface area contributed by atoms with E-state index in [1.807, 2.05) is 13.8 Å². The van der Waals surface area contributed by atoms with Crippen molar-refractivity contribution in [2.45, 2.75) is 45.6 Å². The van der Waals surface area contributed by atoms with Crippen LogP contribution in [-0.2, 0) is 9.53 Å². The summed E-state index contributed by atoms with van der Waals surface area (Å²) >= 11 is 0. The summed E-state index contributed by atoms with van der Waals surface area (Å²) in [5.74, 6) is 0.0434. The first-order valence-corrected chi connectivity index (χ1v) is 4.77. The highest BCUT2D eigenvalue weighted by molar-refractivity contribution is 5.69. The molecule has 0 aliphatic rings. The molecule has 0 radical (unpaired) electrons. The summed E-state index contributed by atoms with van der Waals surface area (Å²) in [6.45, 7) is 6.00. The molecule has 0 spiro atoms. The van der Waals surface area contributed by atoms with Crippen LogP contribution in [0.1, 0.15) is 40.0 Å². The molecule has 2 N–H and O–H groups in total. The minimum absolute atomic E-state index is 0.169. The van der Waals surface area contributed by atoms with Crippen molar-refractivity contribution in [3.8, 4) is 0 Å². The zero-order valence-corrected chi connectivity index (χ0v) is 9.09. The molecule has 0 amide bonds. The van der Waals surface area contributed by atoms with Crippen molar-refractivity contribution in [2.24, 2.45) is 11.7 Å². The number of carbonyl (C=O) groups excluding carboxylic acids is 1. The molecule has 13 heavy (non-hydrogen) atoms. The number of hydrogen-bond acceptors (Lipinski definition) is 3. The van der Waals surface area contributed by atoms with Crippen LogP contribution in [0.3, 0.4) is 0 Å². The topological polar surface area (TPSA) is 52.3 Å². The summed E-state index contributed by atoms with van der Waals surface area (Å²) in [6, 6.07) is 0. The molecule has 0 saturated heterocycles. The Kier molecular flexibility index (Phi) is 4.99. The molecule has 78 valence electrons. The average molecular weight is 187 g/mol. The van der Waals surface area contributed by atoms with Gasteiger partial charge in [0.05, 0.1) is 13.5 Å². The first-order valence-electron chi connectivity index (χ1n) is 4.77. The molecule has 0 aliphatic heterocycles. The third-order valence-electron chi connectivity index (χ3n) is 2.33. The van der Waals surface area contributed by atoms with Gasteiger partial charge in [-0.15, -0.1) is 0 Å². The predicted molar refractivity (Wildman–Crippen MR) is 53.3 cm³/mol. The van der Waals surface area contributed by atoms with Crippen LogP contribution in [0.25, 0.3) is 0 Å². The van der Waals surface area contributed by atoms with Gasteiger partial charge in [0.15, 0.2) is 0 Å². The number of rotatable bonds is 5. The molecule has 0 aromatic carbocycles. The molecule has 1 atom stereocenters. The molecule has 0 aliphatic carbocycles. The van der Waals surface area contributed by atoms with Crippen molar-refractivity contribution in [1.82, 2.24) is 0 Å². The van der Waals surface area contributed by atoms with Crippen molar-refractivity contribution in [3.63, 3.8) is 0 Å². The number of esters is 1. The Balaban J connectivity index is 4.18. The van der Waals surface area contributed by atoms with Crippen molar-refractivity contribution < 1.29 is 9.53 Å². The Hall–Kier alpha value is -0.570. The lowest BCUT2D eigenvalue weighted by Gasteiger charge is -2.29. The Morgan fingerprint density at radius 3 is 2.38 bits per heavy atom. The average Bonchev–Trinajstić information content (AvgIpc) is 2.01. The monoisotopic (exact) mass is 187 g/mol. The predicted octanol–water partition coefficient (Wildman–Crippen LogP) is 1.70. The van der Waals surface area contributed by atoms with Crippen molar-refractivity contribution >= 4 is 5.97 Å². The smallest absolute Gasteiger partial charge is 0.305 e. The largest absolute Gasteiger partial charge is 0.469 e. The van der Waals surface area contributed by atoms with Gasteiger partial charge in [-0.05, 0) is 26.2 Å². The molecular weight excluding hydrogens is 166 g/mol. The van der Waals surface area contributed by atoms with Gasteiger partial charge in [-0.2, -0.15) is 0 Å². The van der Waals surface area contributed by atoms with E-state index in [1.54, 1.807) is 0 Å². The van der Waals surface area contributed by atoms with Crippen LogP contribution in [-0.4, -0.2) is 18.6 Å². The zero-order chi connectivity index (χ0) is 10.5. The maximum absolute atomic E-state index is 11.1. The van der Waals surface area contributed by atoms with Gasteiger partial charge in [-0.1, -0.05) is 13.3 Å². The highest BCUT2D eigenvalue weighted by atomic mass is 16.5. The third-order valence-corrected chi connectivity index (χ3v) is 2.33. The van der Waals surface area contributed by atoms with Crippen molar-refractivity contribution in [3.05, 3.63) is 0 Å². The fourth-order valence-corrected chi connectivity index (χ4v) is 1.37. The summed E-state index contributed by atoms with van der Waals surface area (Å²) in [6.07, 6.45) is 2.44. The highest BCUT2D eigenvalue weighted by Gasteiger charge is 2.26. The van der Waals surface area contributed by atoms with E-state index < -0.39 is 0 Å². The first kappa shape index (κ1) is 12.4. The van der Waals surface area contributed by atoms with Gasteiger partial charge < -0.3 is 10.5 Å². The SMILES string of the molecule is CCCC(CC(=O)OC)C(C)(C)N. The second-order valence-corrected chi connectivity index (χ2v) is 4.09. The van der Waals surface area contributed by atoms with Gasteiger partial charge in [0.25, 0.3) is 0 Å². The van der Waals surface area contributed by atoms with Crippen LogP contribution >= 0.6 is 0 Å². The van der Waals surface area contributed by atoms with E-state index in [9.17, 15) is 4.79 Å². The van der Waals surface area contributed by atoms with E-state index in [4.69, 9.17) is 5.73 Å². The molecule has 0 fully saturated rings. The van der Waals surface area contributed by atoms with Gasteiger partial charge in [0.1, 0.15) is 0 Å². The second kappa shape index (κ2) is 5.22. The summed E-state index contributed by atoms with van der Waals surface area (Å²) < 4.78 is 4.63. The molecule has 3 nitrogen and oxygen atoms in total. The second-order valence-electron chi connectivity index (χ2n) is 4.09. The number of nitrogens with two attached hydrogens (primary N) is 1. The summed E-state index contributed by atoms with van der Waals surface area (Å²) in [5.41, 5.74) is 5.66. The fraction of sp³-hybridized carbons (Fsp3) is 0.900. The fourth-order valence-electron chi connectivity index (χ4n) is 1.37. The van der Waals surface area contributed by atoms with E-state index in [-0.39, 0.29) is 17.4 Å². The normalized spacial score (nSPS) is 13.9. The highest BCUT2D eigenvalue weighted by Crippen LogP contribution is 2.23. The Labute approximate surface area is 80.6 Å². The molecule has 0 aromatic rings. The van der Waals surface area contributed by atoms with E-state index in [1.165, 1.54) is 7.11 Å². The van der Waals surface area contributed by atoms with E-state index >= 15 is 0 Å². The summed E-state index contributed by atoms with van der Waals surface area (Å²) in [7, 11) is 1.41. The molecule has 3 heteroatoms. The number of methoxy groups -OCH3 is 1. The zero-order valence-electron chi connectivity index (χ0n) is 9.09. The van der Waals surface area contributed by atoms with E-state index in [0.717, 1.165) is 12.8 Å².